The average molecular weight is 665 g/mol. The number of benzene rings is 3. The summed E-state index contributed by atoms with van der Waals surface area (Å²) < 4.78 is 82.6. The number of carbonyl (C=O) groups is 2. The van der Waals surface area contributed by atoms with Gasteiger partial charge in [-0.15, -0.1) is 30.0 Å². The highest BCUT2D eigenvalue weighted by molar-refractivity contribution is 8.01. The van der Waals surface area contributed by atoms with E-state index in [1.165, 1.54) is 35.2 Å². The van der Waals surface area contributed by atoms with Gasteiger partial charge in [0.05, 0.1) is 23.7 Å². The van der Waals surface area contributed by atoms with E-state index in [0.29, 0.717) is 11.4 Å². The largest absolute Gasteiger partial charge is 0.573 e. The molecule has 1 atom stereocenters. The summed E-state index contributed by atoms with van der Waals surface area (Å²) in [5, 5.41) is 8.86. The molecule has 1 aromatic heterocycles. The molecule has 0 saturated carbocycles. The van der Waals surface area contributed by atoms with Crippen LogP contribution in [0, 0.1) is 18.6 Å². The second-order valence-corrected chi connectivity index (χ2v) is 10.9. The molecule has 1 saturated heterocycles. The van der Waals surface area contributed by atoms with Crippen molar-refractivity contribution in [3.8, 4) is 17.2 Å². The predicted molar refractivity (Wildman–Crippen MR) is 157 cm³/mol. The SMILES string of the molecule is COCc1ccc(C)cc1N1C(=O)CSC1NC(=O)Nc1c(F)cc(OCc2ncn(-c3ccc(OC(F)(F)F)cc3)n2)cc1F. The lowest BCUT2D eigenvalue weighted by Crippen LogP contribution is -2.47. The van der Waals surface area contributed by atoms with Crippen LogP contribution in [0.25, 0.3) is 5.69 Å². The fourth-order valence-corrected chi connectivity index (χ4v) is 5.43. The summed E-state index contributed by atoms with van der Waals surface area (Å²) in [7, 11) is 1.52. The molecule has 1 aliphatic rings. The van der Waals surface area contributed by atoms with Gasteiger partial charge in [-0.05, 0) is 42.8 Å². The minimum atomic E-state index is -4.83. The van der Waals surface area contributed by atoms with Crippen molar-refractivity contribution in [1.82, 2.24) is 20.1 Å². The Morgan fingerprint density at radius 3 is 2.43 bits per heavy atom. The van der Waals surface area contributed by atoms with Gasteiger partial charge >= 0.3 is 12.4 Å². The molecular weight excluding hydrogens is 639 g/mol. The van der Waals surface area contributed by atoms with Crippen LogP contribution in [0.15, 0.2) is 60.9 Å². The quantitative estimate of drug-likeness (QED) is 0.209. The number of nitrogens with zero attached hydrogens (tertiary/aromatic N) is 4. The number of hydrogen-bond donors (Lipinski definition) is 2. The summed E-state index contributed by atoms with van der Waals surface area (Å²) in [4.78, 5) is 31.0. The van der Waals surface area contributed by atoms with E-state index in [0.717, 1.165) is 47.2 Å². The number of anilines is 2. The summed E-state index contributed by atoms with van der Waals surface area (Å²) in [6.07, 6.45) is -3.55. The van der Waals surface area contributed by atoms with Gasteiger partial charge in [0.2, 0.25) is 5.91 Å². The molecule has 4 aromatic rings. The van der Waals surface area contributed by atoms with Gasteiger partial charge in [-0.1, -0.05) is 12.1 Å². The van der Waals surface area contributed by atoms with Gasteiger partial charge in [0.25, 0.3) is 0 Å². The molecule has 0 aliphatic carbocycles. The van der Waals surface area contributed by atoms with Crippen LogP contribution in [-0.2, 0) is 22.7 Å². The zero-order valence-electron chi connectivity index (χ0n) is 24.1. The van der Waals surface area contributed by atoms with E-state index in [-0.39, 0.29) is 36.4 Å². The molecule has 46 heavy (non-hydrogen) atoms. The minimum Gasteiger partial charge on any atom is -0.485 e. The maximum atomic E-state index is 14.9. The van der Waals surface area contributed by atoms with Gasteiger partial charge in [-0.3, -0.25) is 9.69 Å². The summed E-state index contributed by atoms with van der Waals surface area (Å²) in [5.41, 5.74) is 0.940. The lowest BCUT2D eigenvalue weighted by Gasteiger charge is -2.27. The van der Waals surface area contributed by atoms with Gasteiger partial charge in [0, 0.05) is 24.8 Å². The molecule has 0 radical (unpaired) electrons. The third-order valence-corrected chi connectivity index (χ3v) is 7.48. The number of methoxy groups -OCH3 is 1. The van der Waals surface area contributed by atoms with Gasteiger partial charge in [-0.25, -0.2) is 23.2 Å². The number of thioether (sulfide) groups is 1. The first-order chi connectivity index (χ1) is 21.9. The van der Waals surface area contributed by atoms with E-state index >= 15 is 0 Å². The second-order valence-electron chi connectivity index (χ2n) is 9.79. The van der Waals surface area contributed by atoms with Crippen LogP contribution in [-0.4, -0.2) is 51.4 Å². The molecule has 11 nitrogen and oxygen atoms in total. The summed E-state index contributed by atoms with van der Waals surface area (Å²) in [6, 6.07) is 11.1. The Kier molecular flexibility index (Phi) is 9.62. The maximum absolute atomic E-state index is 14.9. The smallest absolute Gasteiger partial charge is 0.485 e. The maximum Gasteiger partial charge on any atom is 0.573 e. The number of nitrogens with one attached hydrogen (secondary N) is 2. The summed E-state index contributed by atoms with van der Waals surface area (Å²) in [5.74, 6) is -2.96. The number of aryl methyl sites for hydroxylation is 1. The molecule has 5 rings (SSSR count). The van der Waals surface area contributed by atoms with Crippen molar-refractivity contribution in [2.75, 3.05) is 23.1 Å². The first kappa shape index (κ1) is 32.5. The number of carbonyl (C=O) groups excluding carboxylic acids is 2. The molecule has 3 amide bonds. The van der Waals surface area contributed by atoms with Gasteiger partial charge in [0.15, 0.2) is 23.0 Å². The fraction of sp³-hybridized carbons (Fsp3) is 0.241. The van der Waals surface area contributed by atoms with Gasteiger partial charge < -0.3 is 24.8 Å². The van der Waals surface area contributed by atoms with Crippen LogP contribution in [0.1, 0.15) is 17.0 Å². The lowest BCUT2D eigenvalue weighted by molar-refractivity contribution is -0.274. The molecule has 1 fully saturated rings. The third-order valence-electron chi connectivity index (χ3n) is 6.42. The summed E-state index contributed by atoms with van der Waals surface area (Å²) in [6.45, 7) is 1.78. The third kappa shape index (κ3) is 7.84. The zero-order chi connectivity index (χ0) is 33.0. The lowest BCUT2D eigenvalue weighted by atomic mass is 10.1. The highest BCUT2D eigenvalue weighted by Crippen LogP contribution is 2.33. The molecule has 1 aliphatic heterocycles. The number of hydrogen-bond acceptors (Lipinski definition) is 8. The van der Waals surface area contributed by atoms with Crippen LogP contribution >= 0.6 is 11.8 Å². The molecular formula is C29H25F5N6O5S. The van der Waals surface area contributed by atoms with Crippen molar-refractivity contribution >= 4 is 35.1 Å². The first-order valence-electron chi connectivity index (χ1n) is 13.4. The van der Waals surface area contributed by atoms with Crippen LogP contribution in [0.4, 0.5) is 38.1 Å². The average Bonchev–Trinajstić information content (AvgIpc) is 3.61. The standard InChI is InChI=1S/C29H25F5N6O5S/c1-16-3-4-17(12-43-2)23(9-16)40-25(41)14-46-28(40)37-27(42)36-26-21(30)10-20(11-22(26)31)44-13-24-35-15-39(38-24)18-5-7-19(8-6-18)45-29(32,33)34/h3-11,15,28H,12-14H2,1-2H3,(H2,36,37,42). The molecule has 2 N–H and O–H groups in total. The summed E-state index contributed by atoms with van der Waals surface area (Å²) >= 11 is 1.14. The van der Waals surface area contributed by atoms with Gasteiger partial charge in [0.1, 0.15) is 30.1 Å². The molecule has 0 bridgehead atoms. The van der Waals surface area contributed by atoms with Crippen LogP contribution in [0.2, 0.25) is 0 Å². The van der Waals surface area contributed by atoms with Crippen molar-refractivity contribution in [2.45, 2.75) is 32.0 Å². The van der Waals surface area contributed by atoms with Crippen LogP contribution < -0.4 is 25.0 Å². The fourth-order valence-electron chi connectivity index (χ4n) is 4.42. The van der Waals surface area contributed by atoms with E-state index in [2.05, 4.69) is 25.5 Å². The predicted octanol–water partition coefficient (Wildman–Crippen LogP) is 5.66. The van der Waals surface area contributed by atoms with E-state index < -0.39 is 41.0 Å². The monoisotopic (exact) mass is 664 g/mol. The van der Waals surface area contributed by atoms with E-state index in [9.17, 15) is 31.5 Å². The number of urea groups is 1. The Hall–Kier alpha value is -4.90. The van der Waals surface area contributed by atoms with Crippen LogP contribution in [0.5, 0.6) is 11.5 Å². The Morgan fingerprint density at radius 2 is 1.76 bits per heavy atom. The minimum absolute atomic E-state index is 0.0797. The van der Waals surface area contributed by atoms with Crippen molar-refractivity contribution in [3.63, 3.8) is 0 Å². The van der Waals surface area contributed by atoms with Crippen molar-refractivity contribution in [1.29, 1.82) is 0 Å². The van der Waals surface area contributed by atoms with E-state index in [1.807, 2.05) is 19.1 Å². The Morgan fingerprint density at radius 1 is 1.04 bits per heavy atom. The molecule has 1 unspecified atom stereocenters. The molecule has 2 heterocycles. The van der Waals surface area contributed by atoms with Crippen molar-refractivity contribution in [3.05, 3.63) is 89.5 Å². The first-order valence-corrected chi connectivity index (χ1v) is 14.4. The number of rotatable bonds is 10. The number of halogens is 5. The van der Waals surface area contributed by atoms with Crippen LogP contribution in [0.3, 0.4) is 0 Å². The Balaban J connectivity index is 1.20. The highest BCUT2D eigenvalue weighted by atomic mass is 32.2. The van der Waals surface area contributed by atoms with Crippen molar-refractivity contribution < 1.29 is 45.8 Å². The number of alkyl halides is 3. The highest BCUT2D eigenvalue weighted by Gasteiger charge is 2.35. The number of amides is 3. The zero-order valence-corrected chi connectivity index (χ0v) is 24.9. The second kappa shape index (κ2) is 13.6. The van der Waals surface area contributed by atoms with E-state index in [1.54, 1.807) is 6.07 Å². The topological polar surface area (TPSA) is 120 Å². The molecule has 17 heteroatoms. The molecule has 0 spiro atoms. The molecule has 3 aromatic carbocycles. The normalized spacial score (nSPS) is 14.8. The van der Waals surface area contributed by atoms with E-state index in [4.69, 9.17) is 9.47 Å². The van der Waals surface area contributed by atoms with Crippen molar-refractivity contribution in [2.24, 2.45) is 0 Å². The number of aromatic nitrogens is 3. The number of ether oxygens (including phenoxy) is 3. The molecule has 242 valence electrons. The Bertz CT molecular complexity index is 1710. The van der Waals surface area contributed by atoms with Gasteiger partial charge in [-0.2, -0.15) is 0 Å². The Labute approximate surface area is 262 Å².